The molecule has 1 rings (SSSR count). The van der Waals surface area contributed by atoms with Gasteiger partial charge in [0, 0.05) is 19.1 Å². The van der Waals surface area contributed by atoms with Gasteiger partial charge in [-0.25, -0.2) is 8.78 Å². The highest BCUT2D eigenvalue weighted by Gasteiger charge is 2.15. The van der Waals surface area contributed by atoms with E-state index in [1.165, 1.54) is 18.2 Å². The monoisotopic (exact) mass is 247 g/mol. The molecule has 0 amide bonds. The van der Waals surface area contributed by atoms with Crippen molar-refractivity contribution in [1.82, 2.24) is 10.3 Å². The fraction of sp³-hybridized carbons (Fsp3) is 0.727. The predicted molar refractivity (Wildman–Crippen MR) is 62.4 cm³/mol. The fourth-order valence-corrected chi connectivity index (χ4v) is 1.19. The van der Waals surface area contributed by atoms with Crippen LogP contribution in [0.15, 0.2) is 10.7 Å². The first-order valence-electron chi connectivity index (χ1n) is 5.46. The van der Waals surface area contributed by atoms with E-state index in [4.69, 9.17) is 4.42 Å². The van der Waals surface area contributed by atoms with Gasteiger partial charge in [-0.1, -0.05) is 0 Å². The van der Waals surface area contributed by atoms with Crippen LogP contribution in [-0.2, 0) is 6.54 Å². The fourth-order valence-electron chi connectivity index (χ4n) is 1.19. The number of oxazole rings is 1. The summed E-state index contributed by atoms with van der Waals surface area (Å²) in [5.74, 6) is 0. The lowest BCUT2D eigenvalue weighted by molar-refractivity contribution is 0.155. The zero-order valence-corrected chi connectivity index (χ0v) is 10.6. The Kier molecular flexibility index (Phi) is 4.45. The lowest BCUT2D eigenvalue weighted by Gasteiger charge is -2.19. The third kappa shape index (κ3) is 5.12. The van der Waals surface area contributed by atoms with Gasteiger partial charge in [0.25, 0.3) is 12.4 Å². The molecule has 0 spiro atoms. The Labute approximate surface area is 100 Å². The molecule has 0 atom stereocenters. The van der Waals surface area contributed by atoms with Crippen LogP contribution in [0.25, 0.3) is 0 Å². The maximum Gasteiger partial charge on any atom is 0.297 e. The van der Waals surface area contributed by atoms with Crippen LogP contribution < -0.4 is 10.2 Å². The second-order valence-corrected chi connectivity index (χ2v) is 5.00. The van der Waals surface area contributed by atoms with Crippen molar-refractivity contribution >= 4 is 6.01 Å². The van der Waals surface area contributed by atoms with Gasteiger partial charge in [-0.3, -0.25) is 0 Å². The minimum absolute atomic E-state index is 0.0199. The van der Waals surface area contributed by atoms with Gasteiger partial charge in [0.2, 0.25) is 0 Å². The smallest absolute Gasteiger partial charge is 0.297 e. The number of nitrogens with one attached hydrogen (secondary N) is 1. The molecule has 1 aromatic rings. The van der Waals surface area contributed by atoms with E-state index in [-0.39, 0.29) is 18.1 Å². The van der Waals surface area contributed by atoms with Gasteiger partial charge in [0.15, 0.2) is 0 Å². The molecule has 0 saturated carbocycles. The first kappa shape index (κ1) is 13.9. The summed E-state index contributed by atoms with van der Waals surface area (Å²) in [7, 11) is 1.53. The third-order valence-electron chi connectivity index (χ3n) is 2.08. The Balaban J connectivity index is 2.53. The van der Waals surface area contributed by atoms with Gasteiger partial charge in [-0.15, -0.1) is 0 Å². The highest BCUT2D eigenvalue weighted by atomic mass is 19.3. The summed E-state index contributed by atoms with van der Waals surface area (Å²) in [4.78, 5) is 5.43. The van der Waals surface area contributed by atoms with Crippen LogP contribution >= 0.6 is 0 Å². The zero-order chi connectivity index (χ0) is 13.1. The van der Waals surface area contributed by atoms with E-state index in [0.29, 0.717) is 12.2 Å². The predicted octanol–water partition coefficient (Wildman–Crippen LogP) is 2.26. The standard InChI is InChI=1S/C11H19F2N3O/c1-11(2,3)14-5-8-7-17-10(15-8)16(4)6-9(12)13/h7,9,14H,5-6H2,1-4H3. The highest BCUT2D eigenvalue weighted by Crippen LogP contribution is 2.13. The molecule has 17 heavy (non-hydrogen) atoms. The molecule has 0 aliphatic rings. The SMILES string of the molecule is CN(CC(F)F)c1nc(CNC(C)(C)C)co1. The lowest BCUT2D eigenvalue weighted by atomic mass is 10.1. The largest absolute Gasteiger partial charge is 0.432 e. The molecule has 0 aliphatic heterocycles. The van der Waals surface area contributed by atoms with Crippen LogP contribution in [0, 0.1) is 0 Å². The van der Waals surface area contributed by atoms with Gasteiger partial charge < -0.3 is 14.6 Å². The number of rotatable bonds is 5. The Hall–Kier alpha value is -1.17. The number of aromatic nitrogens is 1. The van der Waals surface area contributed by atoms with Crippen LogP contribution in [0.1, 0.15) is 26.5 Å². The van der Waals surface area contributed by atoms with Crippen molar-refractivity contribution < 1.29 is 13.2 Å². The molecule has 0 saturated heterocycles. The quantitative estimate of drug-likeness (QED) is 0.866. The molecule has 0 aliphatic carbocycles. The Morgan fingerprint density at radius 2 is 2.12 bits per heavy atom. The second-order valence-electron chi connectivity index (χ2n) is 5.00. The molecular weight excluding hydrogens is 228 g/mol. The van der Waals surface area contributed by atoms with Gasteiger partial charge in [-0.2, -0.15) is 4.98 Å². The van der Waals surface area contributed by atoms with E-state index in [9.17, 15) is 8.78 Å². The van der Waals surface area contributed by atoms with Crippen LogP contribution in [0.2, 0.25) is 0 Å². The van der Waals surface area contributed by atoms with Crippen LogP contribution in [0.4, 0.5) is 14.8 Å². The summed E-state index contributed by atoms with van der Waals surface area (Å²) < 4.78 is 29.5. The minimum atomic E-state index is -2.40. The Bertz CT molecular complexity index is 347. The molecule has 1 N–H and O–H groups in total. The summed E-state index contributed by atoms with van der Waals surface area (Å²) in [6.07, 6.45) is -0.918. The van der Waals surface area contributed by atoms with Crippen LogP contribution in [0.5, 0.6) is 0 Å². The van der Waals surface area contributed by atoms with Crippen molar-refractivity contribution in [3.05, 3.63) is 12.0 Å². The first-order chi connectivity index (χ1) is 7.78. The molecule has 1 aromatic heterocycles. The second kappa shape index (κ2) is 5.44. The number of nitrogens with zero attached hydrogens (tertiary/aromatic N) is 2. The van der Waals surface area contributed by atoms with E-state index in [2.05, 4.69) is 10.3 Å². The number of alkyl halides is 2. The van der Waals surface area contributed by atoms with E-state index >= 15 is 0 Å². The minimum Gasteiger partial charge on any atom is -0.432 e. The summed E-state index contributed by atoms with van der Waals surface area (Å²) in [5.41, 5.74) is 0.685. The normalized spacial score (nSPS) is 12.2. The van der Waals surface area contributed by atoms with Crippen molar-refractivity contribution in [1.29, 1.82) is 0 Å². The van der Waals surface area contributed by atoms with E-state index in [1.54, 1.807) is 0 Å². The molecule has 0 bridgehead atoms. The van der Waals surface area contributed by atoms with Crippen molar-refractivity contribution in [3.63, 3.8) is 0 Å². The van der Waals surface area contributed by atoms with Crippen LogP contribution in [-0.4, -0.2) is 30.5 Å². The summed E-state index contributed by atoms with van der Waals surface area (Å²) in [6, 6.07) is 0.219. The van der Waals surface area contributed by atoms with Crippen molar-refractivity contribution in [2.45, 2.75) is 39.3 Å². The molecule has 6 heteroatoms. The van der Waals surface area contributed by atoms with E-state index < -0.39 is 6.43 Å². The van der Waals surface area contributed by atoms with Gasteiger partial charge >= 0.3 is 0 Å². The first-order valence-corrected chi connectivity index (χ1v) is 5.46. The average Bonchev–Trinajstić information content (AvgIpc) is 2.60. The van der Waals surface area contributed by atoms with Gasteiger partial charge in [0.1, 0.15) is 6.26 Å². The molecule has 98 valence electrons. The van der Waals surface area contributed by atoms with Crippen LogP contribution in [0.3, 0.4) is 0 Å². The molecule has 0 radical (unpaired) electrons. The number of anilines is 1. The van der Waals surface area contributed by atoms with Gasteiger partial charge in [-0.05, 0) is 20.8 Å². The van der Waals surface area contributed by atoms with E-state index in [1.807, 2.05) is 20.8 Å². The third-order valence-corrected chi connectivity index (χ3v) is 2.08. The summed E-state index contributed by atoms with van der Waals surface area (Å²) in [6.45, 7) is 6.28. The summed E-state index contributed by atoms with van der Waals surface area (Å²) >= 11 is 0. The summed E-state index contributed by atoms with van der Waals surface area (Å²) in [5, 5.41) is 3.24. The maximum atomic E-state index is 12.2. The maximum absolute atomic E-state index is 12.2. The molecule has 1 heterocycles. The Morgan fingerprint density at radius 1 is 1.47 bits per heavy atom. The molecule has 0 unspecified atom stereocenters. The average molecular weight is 247 g/mol. The zero-order valence-electron chi connectivity index (χ0n) is 10.6. The lowest BCUT2D eigenvalue weighted by Crippen LogP contribution is -2.35. The number of hydrogen-bond donors (Lipinski definition) is 1. The number of halogens is 2. The van der Waals surface area contributed by atoms with Crippen molar-refractivity contribution in [2.24, 2.45) is 0 Å². The molecular formula is C11H19F2N3O. The number of hydrogen-bond acceptors (Lipinski definition) is 4. The highest BCUT2D eigenvalue weighted by molar-refractivity contribution is 5.25. The topological polar surface area (TPSA) is 41.3 Å². The van der Waals surface area contributed by atoms with Gasteiger partial charge in [0.05, 0.1) is 12.2 Å². The molecule has 0 aromatic carbocycles. The Morgan fingerprint density at radius 3 is 2.65 bits per heavy atom. The van der Waals surface area contributed by atoms with E-state index in [0.717, 1.165) is 0 Å². The van der Waals surface area contributed by atoms with Crippen molar-refractivity contribution in [2.75, 3.05) is 18.5 Å². The van der Waals surface area contributed by atoms with Crippen molar-refractivity contribution in [3.8, 4) is 0 Å². The molecule has 4 nitrogen and oxygen atoms in total. The molecule has 0 fully saturated rings.